The van der Waals surface area contributed by atoms with Gasteiger partial charge in [-0.05, 0) is 24.6 Å². The number of nitrogens with two attached hydrogens (primary N) is 1. The van der Waals surface area contributed by atoms with Crippen LogP contribution in [0.15, 0.2) is 53.1 Å². The van der Waals surface area contributed by atoms with Crippen molar-refractivity contribution in [1.29, 1.82) is 0 Å². The molecular formula is C15H17N3O3. The lowest BCUT2D eigenvalue weighted by Gasteiger charge is -2.21. The second kappa shape index (κ2) is 6.71. The molecule has 0 radical (unpaired) electrons. The topological polar surface area (TPSA) is 97.4 Å². The van der Waals surface area contributed by atoms with E-state index in [1.807, 2.05) is 36.4 Å². The number of primary amides is 1. The molecule has 1 heterocycles. The summed E-state index contributed by atoms with van der Waals surface area (Å²) in [5.41, 5.74) is 5.90. The number of carbonyl (C=O) groups is 2. The highest BCUT2D eigenvalue weighted by molar-refractivity contribution is 5.96. The van der Waals surface area contributed by atoms with Crippen LogP contribution in [0.4, 0.5) is 4.79 Å². The Morgan fingerprint density at radius 2 is 1.86 bits per heavy atom. The van der Waals surface area contributed by atoms with Crippen LogP contribution in [-0.2, 0) is 4.79 Å². The van der Waals surface area contributed by atoms with Crippen molar-refractivity contribution in [2.75, 3.05) is 0 Å². The Kier molecular flexibility index (Phi) is 4.73. The normalized spacial score (nSPS) is 13.4. The molecule has 6 heteroatoms. The molecule has 4 N–H and O–H groups in total. The van der Waals surface area contributed by atoms with E-state index in [0.717, 1.165) is 5.56 Å². The smallest absolute Gasteiger partial charge is 0.318 e. The minimum Gasteiger partial charge on any atom is -0.467 e. The molecule has 6 nitrogen and oxygen atoms in total. The van der Waals surface area contributed by atoms with E-state index in [9.17, 15) is 9.59 Å². The maximum atomic E-state index is 11.8. The van der Waals surface area contributed by atoms with Gasteiger partial charge in [0.25, 0.3) is 0 Å². The van der Waals surface area contributed by atoms with Crippen LogP contribution in [0.3, 0.4) is 0 Å². The Morgan fingerprint density at radius 3 is 2.43 bits per heavy atom. The van der Waals surface area contributed by atoms with Gasteiger partial charge in [-0.25, -0.2) is 4.79 Å². The minimum atomic E-state index is -0.872. The second-order valence-corrected chi connectivity index (χ2v) is 4.60. The average molecular weight is 287 g/mol. The Morgan fingerprint density at radius 1 is 1.14 bits per heavy atom. The van der Waals surface area contributed by atoms with Gasteiger partial charge in [-0.15, -0.1) is 0 Å². The van der Waals surface area contributed by atoms with E-state index in [2.05, 4.69) is 10.6 Å². The fourth-order valence-electron chi connectivity index (χ4n) is 2.00. The quantitative estimate of drug-likeness (QED) is 0.777. The van der Waals surface area contributed by atoms with Crippen LogP contribution in [-0.4, -0.2) is 18.0 Å². The van der Waals surface area contributed by atoms with Gasteiger partial charge < -0.3 is 10.2 Å². The molecule has 2 aromatic rings. The lowest BCUT2D eigenvalue weighted by molar-refractivity contribution is -0.121. The molecule has 1 aromatic heterocycles. The molecule has 0 saturated heterocycles. The van der Waals surface area contributed by atoms with Crippen molar-refractivity contribution in [2.24, 2.45) is 5.73 Å². The fraction of sp³-hybridized carbons (Fsp3) is 0.200. The highest BCUT2D eigenvalue weighted by atomic mass is 16.3. The molecule has 0 aliphatic rings. The van der Waals surface area contributed by atoms with E-state index < -0.39 is 18.0 Å². The average Bonchev–Trinajstić information content (AvgIpc) is 2.98. The maximum Gasteiger partial charge on any atom is 0.318 e. The van der Waals surface area contributed by atoms with Crippen LogP contribution < -0.4 is 16.4 Å². The number of benzene rings is 1. The largest absolute Gasteiger partial charge is 0.467 e. The number of carbonyl (C=O) groups excluding carboxylic acids is 2. The number of rotatable bonds is 5. The van der Waals surface area contributed by atoms with Gasteiger partial charge in [-0.3, -0.25) is 15.4 Å². The number of furan rings is 1. The third kappa shape index (κ3) is 3.93. The van der Waals surface area contributed by atoms with Gasteiger partial charge in [-0.2, -0.15) is 0 Å². The van der Waals surface area contributed by atoms with Gasteiger partial charge in [-0.1, -0.05) is 30.3 Å². The summed E-state index contributed by atoms with van der Waals surface area (Å²) >= 11 is 0. The third-order valence-electron chi connectivity index (χ3n) is 3.02. The van der Waals surface area contributed by atoms with Crippen molar-refractivity contribution >= 4 is 11.9 Å². The first-order valence-corrected chi connectivity index (χ1v) is 6.52. The van der Waals surface area contributed by atoms with Gasteiger partial charge >= 0.3 is 6.03 Å². The Labute approximate surface area is 122 Å². The summed E-state index contributed by atoms with van der Waals surface area (Å²) in [4.78, 5) is 22.5. The van der Waals surface area contributed by atoms with Crippen LogP contribution in [0, 0.1) is 0 Å². The SMILES string of the molecule is C[C@H](N[C@@H](c1ccccc1)c1ccco1)C(=O)NC(N)=O. The van der Waals surface area contributed by atoms with E-state index in [1.54, 1.807) is 19.3 Å². The van der Waals surface area contributed by atoms with Crippen LogP contribution >= 0.6 is 0 Å². The van der Waals surface area contributed by atoms with Crippen molar-refractivity contribution in [2.45, 2.75) is 19.0 Å². The second-order valence-electron chi connectivity index (χ2n) is 4.60. The van der Waals surface area contributed by atoms with Crippen molar-refractivity contribution in [3.05, 3.63) is 60.1 Å². The zero-order valence-corrected chi connectivity index (χ0v) is 11.6. The van der Waals surface area contributed by atoms with Gasteiger partial charge in [0.05, 0.1) is 18.3 Å². The first-order chi connectivity index (χ1) is 10.1. The zero-order valence-electron chi connectivity index (χ0n) is 11.6. The number of hydrogen-bond donors (Lipinski definition) is 3. The van der Waals surface area contributed by atoms with Gasteiger partial charge in [0.1, 0.15) is 5.76 Å². The summed E-state index contributed by atoms with van der Waals surface area (Å²) < 4.78 is 5.43. The maximum absolute atomic E-state index is 11.8. The monoisotopic (exact) mass is 287 g/mol. The van der Waals surface area contributed by atoms with E-state index in [1.165, 1.54) is 0 Å². The predicted octanol–water partition coefficient (Wildman–Crippen LogP) is 1.54. The molecule has 2 rings (SSSR count). The highest BCUT2D eigenvalue weighted by Crippen LogP contribution is 2.22. The van der Waals surface area contributed by atoms with Gasteiger partial charge in [0.2, 0.25) is 5.91 Å². The summed E-state index contributed by atoms with van der Waals surface area (Å²) in [6.45, 7) is 1.65. The van der Waals surface area contributed by atoms with E-state index in [0.29, 0.717) is 5.76 Å². The van der Waals surface area contributed by atoms with Crippen LogP contribution in [0.25, 0.3) is 0 Å². The molecule has 110 valence electrons. The molecule has 0 aliphatic heterocycles. The summed E-state index contributed by atoms with van der Waals surface area (Å²) in [5.74, 6) is 0.190. The minimum absolute atomic E-state index is 0.296. The zero-order chi connectivity index (χ0) is 15.2. The summed E-state index contributed by atoms with van der Waals surface area (Å²) in [5, 5.41) is 5.18. The highest BCUT2D eigenvalue weighted by Gasteiger charge is 2.23. The molecule has 0 spiro atoms. The van der Waals surface area contributed by atoms with Gasteiger partial charge in [0.15, 0.2) is 0 Å². The molecule has 0 bridgehead atoms. The Bertz CT molecular complexity index is 596. The Hall–Kier alpha value is -2.60. The lowest BCUT2D eigenvalue weighted by atomic mass is 10.0. The third-order valence-corrected chi connectivity index (χ3v) is 3.02. The Balaban J connectivity index is 2.18. The van der Waals surface area contributed by atoms with Gasteiger partial charge in [0, 0.05) is 0 Å². The molecule has 0 saturated carbocycles. The van der Waals surface area contributed by atoms with Crippen molar-refractivity contribution in [3.8, 4) is 0 Å². The van der Waals surface area contributed by atoms with E-state index in [4.69, 9.17) is 10.2 Å². The van der Waals surface area contributed by atoms with Crippen LogP contribution in [0.2, 0.25) is 0 Å². The molecule has 0 aliphatic carbocycles. The number of imide groups is 1. The first-order valence-electron chi connectivity index (χ1n) is 6.52. The number of hydrogen-bond acceptors (Lipinski definition) is 4. The fourth-order valence-corrected chi connectivity index (χ4v) is 2.00. The molecule has 3 amide bonds. The molecular weight excluding hydrogens is 270 g/mol. The van der Waals surface area contributed by atoms with E-state index >= 15 is 0 Å². The van der Waals surface area contributed by atoms with Crippen molar-refractivity contribution in [3.63, 3.8) is 0 Å². The number of nitrogens with one attached hydrogen (secondary N) is 2. The first kappa shape index (κ1) is 14.8. The standard InChI is InChI=1S/C15H17N3O3/c1-10(14(19)18-15(16)20)17-13(12-8-5-9-21-12)11-6-3-2-4-7-11/h2-10,13,17H,1H3,(H3,16,18,19,20)/t10-,13-/m0/s1. The summed E-state index contributed by atoms with van der Waals surface area (Å²) in [6, 6.07) is 11.4. The summed E-state index contributed by atoms with van der Waals surface area (Å²) in [6.07, 6.45) is 1.57. The molecule has 2 atom stereocenters. The van der Waals surface area contributed by atoms with Crippen molar-refractivity contribution in [1.82, 2.24) is 10.6 Å². The van der Waals surface area contributed by atoms with Crippen molar-refractivity contribution < 1.29 is 14.0 Å². The molecule has 0 fully saturated rings. The lowest BCUT2D eigenvalue weighted by Crippen LogP contribution is -2.47. The molecule has 21 heavy (non-hydrogen) atoms. The van der Waals surface area contributed by atoms with Crippen LogP contribution in [0.1, 0.15) is 24.3 Å². The summed E-state index contributed by atoms with van der Waals surface area (Å²) in [7, 11) is 0. The molecule has 0 unspecified atom stereocenters. The number of amides is 3. The number of urea groups is 1. The van der Waals surface area contributed by atoms with Crippen LogP contribution in [0.5, 0.6) is 0 Å². The van der Waals surface area contributed by atoms with E-state index in [-0.39, 0.29) is 6.04 Å². The molecule has 1 aromatic carbocycles. The predicted molar refractivity (Wildman–Crippen MR) is 77.3 cm³/mol.